The molecule has 0 saturated carbocycles. The normalized spacial score (nSPS) is 13.5. The topological polar surface area (TPSA) is 64.0 Å². The van der Waals surface area contributed by atoms with Crippen LogP contribution in [-0.2, 0) is 24.2 Å². The van der Waals surface area contributed by atoms with Gasteiger partial charge in [-0.25, -0.2) is 4.68 Å². The Hall–Kier alpha value is -2.43. The second kappa shape index (κ2) is 6.36. The lowest BCUT2D eigenvalue weighted by molar-refractivity contribution is -0.117. The van der Waals surface area contributed by atoms with Gasteiger partial charge in [0, 0.05) is 11.8 Å². The third-order valence-corrected chi connectivity index (χ3v) is 4.22. The van der Waals surface area contributed by atoms with E-state index in [0.717, 1.165) is 53.8 Å². The van der Waals surface area contributed by atoms with E-state index in [0.29, 0.717) is 0 Å². The second-order valence-electron chi connectivity index (χ2n) is 6.19. The molecule has 1 heterocycles. The number of aryl methyl sites for hydroxylation is 4. The van der Waals surface area contributed by atoms with Crippen molar-refractivity contribution in [3.63, 3.8) is 0 Å². The molecule has 0 aliphatic heterocycles. The zero-order valence-corrected chi connectivity index (χ0v) is 13.6. The highest BCUT2D eigenvalue weighted by molar-refractivity contribution is 5.91. The molecule has 23 heavy (non-hydrogen) atoms. The van der Waals surface area contributed by atoms with E-state index in [9.17, 15) is 9.59 Å². The van der Waals surface area contributed by atoms with Crippen molar-refractivity contribution in [1.29, 1.82) is 0 Å². The van der Waals surface area contributed by atoms with Crippen LogP contribution in [0.5, 0.6) is 0 Å². The standard InChI is InChI=1S/C18H21N3O2/c1-12-7-8-15(13(2)9-12)19-17(22)11-21-18(23)10-14-5-3-4-6-16(14)20-21/h7-10H,3-6,11H2,1-2H3,(H,19,22). The van der Waals surface area contributed by atoms with Crippen LogP contribution in [0, 0.1) is 13.8 Å². The molecule has 1 N–H and O–H groups in total. The first-order valence-electron chi connectivity index (χ1n) is 8.00. The Kier molecular flexibility index (Phi) is 4.28. The highest BCUT2D eigenvalue weighted by atomic mass is 16.2. The van der Waals surface area contributed by atoms with Crippen molar-refractivity contribution in [3.8, 4) is 0 Å². The average molecular weight is 311 g/mol. The summed E-state index contributed by atoms with van der Waals surface area (Å²) in [6.07, 6.45) is 3.99. The molecule has 1 aliphatic carbocycles. The maximum atomic E-state index is 12.2. The minimum Gasteiger partial charge on any atom is -0.324 e. The van der Waals surface area contributed by atoms with Crippen LogP contribution in [0.25, 0.3) is 0 Å². The molecule has 5 nitrogen and oxygen atoms in total. The van der Waals surface area contributed by atoms with Crippen molar-refractivity contribution in [3.05, 3.63) is 57.0 Å². The second-order valence-corrected chi connectivity index (χ2v) is 6.19. The average Bonchev–Trinajstić information content (AvgIpc) is 2.51. The lowest BCUT2D eigenvalue weighted by Gasteiger charge is -2.16. The van der Waals surface area contributed by atoms with Crippen molar-refractivity contribution < 1.29 is 4.79 Å². The molecule has 1 aliphatic rings. The fourth-order valence-electron chi connectivity index (χ4n) is 2.99. The Morgan fingerprint density at radius 1 is 1.22 bits per heavy atom. The molecule has 5 heteroatoms. The van der Waals surface area contributed by atoms with Crippen molar-refractivity contribution in [2.75, 3.05) is 5.32 Å². The fraction of sp³-hybridized carbons (Fsp3) is 0.389. The molecular weight excluding hydrogens is 290 g/mol. The van der Waals surface area contributed by atoms with Gasteiger partial charge in [-0.05, 0) is 56.7 Å². The van der Waals surface area contributed by atoms with Gasteiger partial charge in [0.1, 0.15) is 6.54 Å². The van der Waals surface area contributed by atoms with Crippen LogP contribution in [0.1, 0.15) is 35.2 Å². The van der Waals surface area contributed by atoms with Crippen molar-refractivity contribution in [1.82, 2.24) is 9.78 Å². The van der Waals surface area contributed by atoms with Gasteiger partial charge in [-0.3, -0.25) is 9.59 Å². The van der Waals surface area contributed by atoms with Crippen LogP contribution < -0.4 is 10.9 Å². The van der Waals surface area contributed by atoms with E-state index < -0.39 is 0 Å². The van der Waals surface area contributed by atoms with Crippen LogP contribution in [-0.4, -0.2) is 15.7 Å². The zero-order valence-electron chi connectivity index (χ0n) is 13.6. The van der Waals surface area contributed by atoms with E-state index in [1.54, 1.807) is 6.07 Å². The van der Waals surface area contributed by atoms with Crippen LogP contribution in [0.15, 0.2) is 29.1 Å². The summed E-state index contributed by atoms with van der Waals surface area (Å²) in [5, 5.41) is 7.23. The smallest absolute Gasteiger partial charge is 0.267 e. The van der Waals surface area contributed by atoms with Gasteiger partial charge in [-0.2, -0.15) is 5.10 Å². The Morgan fingerprint density at radius 3 is 2.78 bits per heavy atom. The Bertz CT molecular complexity index is 808. The highest BCUT2D eigenvalue weighted by Crippen LogP contribution is 2.17. The lowest BCUT2D eigenvalue weighted by atomic mass is 9.97. The molecule has 0 atom stereocenters. The number of nitrogens with one attached hydrogen (secondary N) is 1. The van der Waals surface area contributed by atoms with Crippen LogP contribution >= 0.6 is 0 Å². The fourth-order valence-corrected chi connectivity index (χ4v) is 2.99. The summed E-state index contributed by atoms with van der Waals surface area (Å²) >= 11 is 0. The van der Waals surface area contributed by atoms with E-state index in [1.165, 1.54) is 4.68 Å². The van der Waals surface area contributed by atoms with Gasteiger partial charge in [0.15, 0.2) is 0 Å². The Labute approximate surface area is 135 Å². The molecule has 120 valence electrons. The number of carbonyl (C=O) groups is 1. The van der Waals surface area contributed by atoms with Crippen LogP contribution in [0.3, 0.4) is 0 Å². The molecular formula is C18H21N3O2. The molecule has 0 bridgehead atoms. The lowest BCUT2D eigenvalue weighted by Crippen LogP contribution is -2.31. The number of rotatable bonds is 3. The van der Waals surface area contributed by atoms with Gasteiger partial charge in [-0.1, -0.05) is 17.7 Å². The quantitative estimate of drug-likeness (QED) is 0.946. The number of amides is 1. The predicted molar refractivity (Wildman–Crippen MR) is 89.7 cm³/mol. The van der Waals surface area contributed by atoms with Crippen molar-refractivity contribution in [2.24, 2.45) is 0 Å². The third-order valence-electron chi connectivity index (χ3n) is 4.22. The van der Waals surface area contributed by atoms with Gasteiger partial charge in [0.2, 0.25) is 5.91 Å². The molecule has 0 unspecified atom stereocenters. The first kappa shape index (κ1) is 15.5. The van der Waals surface area contributed by atoms with Gasteiger partial charge in [-0.15, -0.1) is 0 Å². The Morgan fingerprint density at radius 2 is 2.00 bits per heavy atom. The summed E-state index contributed by atoms with van der Waals surface area (Å²) in [7, 11) is 0. The first-order chi connectivity index (χ1) is 11.0. The minimum atomic E-state index is -0.234. The van der Waals surface area contributed by atoms with Crippen molar-refractivity contribution >= 4 is 11.6 Å². The van der Waals surface area contributed by atoms with Crippen molar-refractivity contribution in [2.45, 2.75) is 46.1 Å². The molecule has 0 fully saturated rings. The summed E-state index contributed by atoms with van der Waals surface area (Å²) < 4.78 is 1.27. The third kappa shape index (κ3) is 3.50. The van der Waals surface area contributed by atoms with Crippen LogP contribution in [0.2, 0.25) is 0 Å². The number of anilines is 1. The molecule has 1 aromatic carbocycles. The summed E-state index contributed by atoms with van der Waals surface area (Å²) in [5.41, 5.74) is 4.70. The number of nitrogens with zero attached hydrogens (tertiary/aromatic N) is 2. The number of hydrogen-bond acceptors (Lipinski definition) is 3. The molecule has 3 rings (SSSR count). The van der Waals surface area contributed by atoms with Gasteiger partial charge in [0.05, 0.1) is 5.69 Å². The zero-order chi connectivity index (χ0) is 16.4. The summed E-state index contributed by atoms with van der Waals surface area (Å²) in [5.74, 6) is -0.234. The number of benzene rings is 1. The number of fused-ring (bicyclic) bond motifs is 1. The molecule has 0 spiro atoms. The maximum absolute atomic E-state index is 12.2. The van der Waals surface area contributed by atoms with Gasteiger partial charge in [0.25, 0.3) is 5.56 Å². The molecule has 0 radical (unpaired) electrons. The van der Waals surface area contributed by atoms with E-state index in [-0.39, 0.29) is 18.0 Å². The SMILES string of the molecule is Cc1ccc(NC(=O)Cn2nc3c(cc2=O)CCCC3)c(C)c1. The maximum Gasteiger partial charge on any atom is 0.267 e. The first-order valence-corrected chi connectivity index (χ1v) is 8.00. The summed E-state index contributed by atoms with van der Waals surface area (Å²) in [6, 6.07) is 7.47. The molecule has 0 saturated heterocycles. The van der Waals surface area contributed by atoms with E-state index in [2.05, 4.69) is 10.4 Å². The largest absolute Gasteiger partial charge is 0.324 e. The van der Waals surface area contributed by atoms with E-state index in [4.69, 9.17) is 0 Å². The van der Waals surface area contributed by atoms with Gasteiger partial charge < -0.3 is 5.32 Å². The molecule has 1 amide bonds. The molecule has 2 aromatic rings. The van der Waals surface area contributed by atoms with Gasteiger partial charge >= 0.3 is 0 Å². The Balaban J connectivity index is 1.76. The predicted octanol–water partition coefficient (Wildman–Crippen LogP) is 2.38. The van der Waals surface area contributed by atoms with E-state index in [1.807, 2.05) is 32.0 Å². The summed E-state index contributed by atoms with van der Waals surface area (Å²) in [4.78, 5) is 24.3. The number of hydrogen-bond donors (Lipinski definition) is 1. The van der Waals surface area contributed by atoms with E-state index >= 15 is 0 Å². The number of carbonyl (C=O) groups excluding carboxylic acids is 1. The summed E-state index contributed by atoms with van der Waals surface area (Å²) in [6.45, 7) is 3.90. The number of aromatic nitrogens is 2. The monoisotopic (exact) mass is 311 g/mol. The minimum absolute atomic E-state index is 0.0561. The molecule has 1 aromatic heterocycles. The van der Waals surface area contributed by atoms with Crippen LogP contribution in [0.4, 0.5) is 5.69 Å². The highest BCUT2D eigenvalue weighted by Gasteiger charge is 2.15.